The summed E-state index contributed by atoms with van der Waals surface area (Å²) in [6.45, 7) is 3.82. The molecule has 0 saturated carbocycles. The van der Waals surface area contributed by atoms with Crippen molar-refractivity contribution in [1.82, 2.24) is 0 Å². The van der Waals surface area contributed by atoms with Gasteiger partial charge in [0, 0.05) is 18.8 Å². The number of ketones is 1. The summed E-state index contributed by atoms with van der Waals surface area (Å²) in [5, 5.41) is 8.38. The van der Waals surface area contributed by atoms with Gasteiger partial charge in [0.05, 0.1) is 0 Å². The number of aliphatic carboxylic acids is 1. The second kappa shape index (κ2) is 7.54. The molecule has 82 valence electrons. The maximum Gasteiger partial charge on any atom is 0.303 e. The zero-order valence-electron chi connectivity index (χ0n) is 9.08. The number of hydrogen-bond donors (Lipinski definition) is 1. The van der Waals surface area contributed by atoms with E-state index in [4.69, 9.17) is 5.11 Å². The van der Waals surface area contributed by atoms with E-state index in [2.05, 4.69) is 0 Å². The Balaban J connectivity index is 3.22. The van der Waals surface area contributed by atoms with E-state index >= 15 is 0 Å². The summed E-state index contributed by atoms with van der Waals surface area (Å²) in [5.74, 6) is -0.291. The predicted molar refractivity (Wildman–Crippen MR) is 55.2 cm³/mol. The van der Waals surface area contributed by atoms with Crippen molar-refractivity contribution in [3.63, 3.8) is 0 Å². The van der Waals surface area contributed by atoms with Gasteiger partial charge in [0.15, 0.2) is 0 Å². The Morgan fingerprint density at radius 3 is 1.93 bits per heavy atom. The van der Waals surface area contributed by atoms with Crippen LogP contribution in [0.5, 0.6) is 0 Å². The molecule has 0 fully saturated rings. The number of carbonyl (C=O) groups excluding carboxylic acids is 1. The molecule has 0 aliphatic heterocycles. The number of carbonyl (C=O) groups is 2. The molecule has 0 aromatic rings. The summed E-state index contributed by atoms with van der Waals surface area (Å²) in [5.41, 5.74) is 0. The van der Waals surface area contributed by atoms with Crippen LogP contribution in [0.25, 0.3) is 0 Å². The molecular formula is C11H20O3. The van der Waals surface area contributed by atoms with Gasteiger partial charge >= 0.3 is 5.97 Å². The van der Waals surface area contributed by atoms with E-state index in [0.717, 1.165) is 25.7 Å². The average molecular weight is 200 g/mol. The van der Waals surface area contributed by atoms with Crippen molar-refractivity contribution in [2.24, 2.45) is 5.92 Å². The van der Waals surface area contributed by atoms with Crippen LogP contribution in [0.2, 0.25) is 0 Å². The lowest BCUT2D eigenvalue weighted by Gasteiger charge is -2.03. The van der Waals surface area contributed by atoms with Crippen molar-refractivity contribution in [3.05, 3.63) is 0 Å². The highest BCUT2D eigenvalue weighted by Crippen LogP contribution is 2.08. The third-order valence-corrected chi connectivity index (χ3v) is 2.21. The second-order valence-corrected chi connectivity index (χ2v) is 3.93. The number of rotatable bonds is 8. The van der Waals surface area contributed by atoms with E-state index in [0.29, 0.717) is 12.2 Å². The molecule has 0 bridgehead atoms. The Kier molecular flexibility index (Phi) is 7.07. The molecule has 0 saturated heterocycles. The van der Waals surface area contributed by atoms with Crippen molar-refractivity contribution >= 4 is 11.8 Å². The van der Waals surface area contributed by atoms with E-state index in [-0.39, 0.29) is 12.3 Å². The lowest BCUT2D eigenvalue weighted by molar-refractivity contribution is -0.137. The minimum atomic E-state index is -0.733. The second-order valence-electron chi connectivity index (χ2n) is 3.93. The molecule has 14 heavy (non-hydrogen) atoms. The van der Waals surface area contributed by atoms with Crippen LogP contribution in [-0.4, -0.2) is 16.9 Å². The minimum Gasteiger partial charge on any atom is -0.481 e. The maximum atomic E-state index is 11.2. The fourth-order valence-corrected chi connectivity index (χ4v) is 1.22. The number of carboxylic acids is 1. The van der Waals surface area contributed by atoms with Gasteiger partial charge in [0.25, 0.3) is 0 Å². The van der Waals surface area contributed by atoms with Crippen LogP contribution in [0.3, 0.4) is 0 Å². The summed E-state index contributed by atoms with van der Waals surface area (Å²) >= 11 is 0. The average Bonchev–Trinajstić information content (AvgIpc) is 2.09. The molecule has 0 heterocycles. The number of hydrogen-bond acceptors (Lipinski definition) is 2. The first-order chi connectivity index (χ1) is 6.54. The van der Waals surface area contributed by atoms with E-state index in [1.165, 1.54) is 0 Å². The fourth-order valence-electron chi connectivity index (χ4n) is 1.22. The van der Waals surface area contributed by atoms with E-state index < -0.39 is 5.97 Å². The van der Waals surface area contributed by atoms with Gasteiger partial charge < -0.3 is 5.11 Å². The molecule has 0 aromatic carbocycles. The molecular weight excluding hydrogens is 180 g/mol. The zero-order chi connectivity index (χ0) is 11.0. The van der Waals surface area contributed by atoms with Gasteiger partial charge in [-0.15, -0.1) is 0 Å². The first kappa shape index (κ1) is 13.1. The fraction of sp³-hybridized carbons (Fsp3) is 0.818. The van der Waals surface area contributed by atoms with Gasteiger partial charge in [-0.05, 0) is 12.8 Å². The number of Topliss-reactive ketones (excluding diaryl/α,β-unsaturated/α-hetero) is 1. The van der Waals surface area contributed by atoms with Crippen LogP contribution in [0.1, 0.15) is 52.4 Å². The highest BCUT2D eigenvalue weighted by atomic mass is 16.4. The van der Waals surface area contributed by atoms with Gasteiger partial charge in [-0.3, -0.25) is 9.59 Å². The largest absolute Gasteiger partial charge is 0.481 e. The molecule has 1 N–H and O–H groups in total. The van der Waals surface area contributed by atoms with Crippen LogP contribution < -0.4 is 0 Å². The maximum absolute atomic E-state index is 11.2. The molecule has 0 aromatic heterocycles. The predicted octanol–water partition coefficient (Wildman–Crippen LogP) is 2.64. The molecule has 3 nitrogen and oxygen atoms in total. The van der Waals surface area contributed by atoms with Gasteiger partial charge in [-0.1, -0.05) is 26.7 Å². The molecule has 0 atom stereocenters. The summed E-state index contributed by atoms with van der Waals surface area (Å²) in [6, 6.07) is 0. The van der Waals surface area contributed by atoms with Gasteiger partial charge in [0.1, 0.15) is 5.78 Å². The Bertz CT molecular complexity index is 185. The molecule has 0 radical (unpaired) electrons. The summed E-state index contributed by atoms with van der Waals surface area (Å²) in [7, 11) is 0. The van der Waals surface area contributed by atoms with E-state index in [9.17, 15) is 9.59 Å². The molecule has 0 spiro atoms. The van der Waals surface area contributed by atoms with E-state index in [1.54, 1.807) is 0 Å². The monoisotopic (exact) mass is 200 g/mol. The van der Waals surface area contributed by atoms with E-state index in [1.807, 2.05) is 13.8 Å². The molecule has 0 aliphatic carbocycles. The molecule has 0 unspecified atom stereocenters. The molecule has 0 rings (SSSR count). The quantitative estimate of drug-likeness (QED) is 0.613. The molecule has 0 amide bonds. The first-order valence-electron chi connectivity index (χ1n) is 5.28. The highest BCUT2D eigenvalue weighted by molar-refractivity contribution is 5.80. The SMILES string of the molecule is CC(C)C(=O)CCCCCCC(=O)O. The van der Waals surface area contributed by atoms with Crippen molar-refractivity contribution in [2.75, 3.05) is 0 Å². The van der Waals surface area contributed by atoms with Crippen LogP contribution in [0, 0.1) is 5.92 Å². The summed E-state index contributed by atoms with van der Waals surface area (Å²) < 4.78 is 0. The third kappa shape index (κ3) is 7.77. The number of unbranched alkanes of at least 4 members (excludes halogenated alkanes) is 3. The van der Waals surface area contributed by atoms with Crippen LogP contribution in [0.4, 0.5) is 0 Å². The smallest absolute Gasteiger partial charge is 0.303 e. The summed E-state index contributed by atoms with van der Waals surface area (Å²) in [6.07, 6.45) is 4.40. The Hall–Kier alpha value is -0.860. The Labute approximate surface area is 85.5 Å². The van der Waals surface area contributed by atoms with Gasteiger partial charge in [-0.2, -0.15) is 0 Å². The highest BCUT2D eigenvalue weighted by Gasteiger charge is 2.05. The minimum absolute atomic E-state index is 0.133. The standard InChI is InChI=1S/C11H20O3/c1-9(2)10(12)7-5-3-4-6-8-11(13)14/h9H,3-8H2,1-2H3,(H,13,14). The molecule has 0 aliphatic rings. The van der Waals surface area contributed by atoms with Gasteiger partial charge in [-0.25, -0.2) is 0 Å². The van der Waals surface area contributed by atoms with Crippen molar-refractivity contribution in [2.45, 2.75) is 52.4 Å². The molecule has 3 heteroatoms. The van der Waals surface area contributed by atoms with Crippen LogP contribution in [-0.2, 0) is 9.59 Å². The Morgan fingerprint density at radius 2 is 1.50 bits per heavy atom. The summed E-state index contributed by atoms with van der Waals surface area (Å²) in [4.78, 5) is 21.4. The van der Waals surface area contributed by atoms with Crippen LogP contribution in [0.15, 0.2) is 0 Å². The van der Waals surface area contributed by atoms with Crippen molar-refractivity contribution in [1.29, 1.82) is 0 Å². The third-order valence-electron chi connectivity index (χ3n) is 2.21. The number of carboxylic acid groups (broad SMARTS) is 1. The zero-order valence-corrected chi connectivity index (χ0v) is 9.08. The Morgan fingerprint density at radius 1 is 1.00 bits per heavy atom. The normalized spacial score (nSPS) is 10.5. The van der Waals surface area contributed by atoms with Crippen molar-refractivity contribution in [3.8, 4) is 0 Å². The lowest BCUT2D eigenvalue weighted by atomic mass is 10.0. The van der Waals surface area contributed by atoms with Crippen LogP contribution >= 0.6 is 0 Å². The topological polar surface area (TPSA) is 54.4 Å². The first-order valence-corrected chi connectivity index (χ1v) is 5.28. The van der Waals surface area contributed by atoms with Crippen molar-refractivity contribution < 1.29 is 14.7 Å². The lowest BCUT2D eigenvalue weighted by Crippen LogP contribution is -2.06. The van der Waals surface area contributed by atoms with Gasteiger partial charge in [0.2, 0.25) is 0 Å².